The van der Waals surface area contributed by atoms with Crippen molar-refractivity contribution in [3.05, 3.63) is 72.3 Å². The topological polar surface area (TPSA) is 85.6 Å². The molecule has 166 valence electrons. The standard InChI is InChI=1S/C26H27NO5/c1-4-15-30-23(28)13-14-26(18-25(26,2)3)24(29)32-22(17-27)19-9-8-12-21(16-19)31-20-10-6-5-7-11-20/h5-14,16,22H,4,15,18H2,1-3H3/t22-,26-/m1/s1. The lowest BCUT2D eigenvalue weighted by atomic mass is 9.95. The molecule has 6 nitrogen and oxygen atoms in total. The van der Waals surface area contributed by atoms with Gasteiger partial charge in [0.1, 0.15) is 17.6 Å². The summed E-state index contributed by atoms with van der Waals surface area (Å²) in [6.45, 7) is 6.07. The average Bonchev–Trinajstić information content (AvgIpc) is 3.37. The Morgan fingerprint density at radius 2 is 1.81 bits per heavy atom. The Balaban J connectivity index is 1.74. The molecule has 0 aliphatic heterocycles. The van der Waals surface area contributed by atoms with Crippen LogP contribution in [0.15, 0.2) is 66.7 Å². The summed E-state index contributed by atoms with van der Waals surface area (Å²) in [7, 11) is 0. The molecule has 2 atom stereocenters. The molecule has 1 aliphatic rings. The molecule has 0 radical (unpaired) electrons. The number of hydrogen-bond acceptors (Lipinski definition) is 6. The van der Waals surface area contributed by atoms with Gasteiger partial charge < -0.3 is 14.2 Å². The molecule has 6 heteroatoms. The van der Waals surface area contributed by atoms with E-state index in [1.807, 2.05) is 57.2 Å². The molecule has 1 aliphatic carbocycles. The van der Waals surface area contributed by atoms with E-state index in [4.69, 9.17) is 14.2 Å². The largest absolute Gasteiger partial charge is 0.463 e. The smallest absolute Gasteiger partial charge is 0.330 e. The number of nitriles is 1. The highest BCUT2D eigenvalue weighted by atomic mass is 16.5. The number of para-hydroxylation sites is 1. The van der Waals surface area contributed by atoms with E-state index < -0.39 is 23.5 Å². The molecule has 0 heterocycles. The van der Waals surface area contributed by atoms with Crippen molar-refractivity contribution in [3.8, 4) is 17.6 Å². The van der Waals surface area contributed by atoms with Crippen molar-refractivity contribution >= 4 is 11.9 Å². The van der Waals surface area contributed by atoms with Gasteiger partial charge in [-0.2, -0.15) is 5.26 Å². The quantitative estimate of drug-likeness (QED) is 0.383. The molecular weight excluding hydrogens is 406 g/mol. The molecule has 0 bridgehead atoms. The van der Waals surface area contributed by atoms with Gasteiger partial charge in [-0.05, 0) is 42.5 Å². The minimum Gasteiger partial charge on any atom is -0.463 e. The summed E-state index contributed by atoms with van der Waals surface area (Å²) in [5.74, 6) is 0.159. The lowest BCUT2D eigenvalue weighted by Crippen LogP contribution is -2.24. The van der Waals surface area contributed by atoms with E-state index in [1.165, 1.54) is 6.08 Å². The van der Waals surface area contributed by atoms with E-state index in [9.17, 15) is 14.9 Å². The Bertz CT molecular complexity index is 1040. The summed E-state index contributed by atoms with van der Waals surface area (Å²) >= 11 is 0. The molecule has 0 unspecified atom stereocenters. The Labute approximate surface area is 188 Å². The first-order valence-corrected chi connectivity index (χ1v) is 10.6. The highest BCUT2D eigenvalue weighted by Gasteiger charge is 2.66. The highest BCUT2D eigenvalue weighted by molar-refractivity contribution is 5.88. The van der Waals surface area contributed by atoms with Gasteiger partial charge in [-0.15, -0.1) is 0 Å². The van der Waals surface area contributed by atoms with Crippen LogP contribution in [0.3, 0.4) is 0 Å². The fourth-order valence-electron chi connectivity index (χ4n) is 3.56. The van der Waals surface area contributed by atoms with Crippen molar-refractivity contribution in [1.29, 1.82) is 5.26 Å². The van der Waals surface area contributed by atoms with Crippen LogP contribution in [-0.4, -0.2) is 18.5 Å². The number of esters is 2. The zero-order valence-corrected chi connectivity index (χ0v) is 18.5. The molecule has 0 N–H and O–H groups in total. The van der Waals surface area contributed by atoms with Gasteiger partial charge in [-0.3, -0.25) is 4.79 Å². The van der Waals surface area contributed by atoms with Gasteiger partial charge in [-0.1, -0.05) is 57.2 Å². The molecular formula is C26H27NO5. The molecule has 1 saturated carbocycles. The number of benzene rings is 2. The van der Waals surface area contributed by atoms with Crippen LogP contribution in [0.2, 0.25) is 0 Å². The number of nitrogens with zero attached hydrogens (tertiary/aromatic N) is 1. The molecule has 0 aromatic heterocycles. The summed E-state index contributed by atoms with van der Waals surface area (Å²) < 4.78 is 16.5. The zero-order chi connectivity index (χ0) is 23.2. The van der Waals surface area contributed by atoms with Gasteiger partial charge in [0.05, 0.1) is 12.0 Å². The summed E-state index contributed by atoms with van der Waals surface area (Å²) in [5.41, 5.74) is -0.843. The van der Waals surface area contributed by atoms with Crippen molar-refractivity contribution in [2.75, 3.05) is 6.61 Å². The van der Waals surface area contributed by atoms with E-state index in [2.05, 4.69) is 0 Å². The second-order valence-corrected chi connectivity index (χ2v) is 8.43. The molecule has 0 saturated heterocycles. The van der Waals surface area contributed by atoms with Crippen LogP contribution < -0.4 is 4.74 Å². The third-order valence-electron chi connectivity index (χ3n) is 5.60. The highest BCUT2D eigenvalue weighted by Crippen LogP contribution is 2.65. The summed E-state index contributed by atoms with van der Waals surface area (Å²) in [5, 5.41) is 9.68. The first-order chi connectivity index (χ1) is 15.3. The molecule has 2 aromatic rings. The van der Waals surface area contributed by atoms with Crippen LogP contribution in [0.4, 0.5) is 0 Å². The van der Waals surface area contributed by atoms with Crippen molar-refractivity contribution < 1.29 is 23.8 Å². The predicted octanol–water partition coefficient (Wildman–Crippen LogP) is 5.51. The van der Waals surface area contributed by atoms with E-state index in [-0.39, 0.29) is 5.41 Å². The second kappa shape index (κ2) is 9.69. The monoisotopic (exact) mass is 433 g/mol. The van der Waals surface area contributed by atoms with Crippen LogP contribution >= 0.6 is 0 Å². The van der Waals surface area contributed by atoms with Crippen molar-refractivity contribution in [2.45, 2.75) is 39.7 Å². The Morgan fingerprint density at radius 3 is 2.44 bits per heavy atom. The van der Waals surface area contributed by atoms with Crippen LogP contribution in [0.1, 0.15) is 45.3 Å². The molecule has 32 heavy (non-hydrogen) atoms. The number of carbonyl (C=O) groups excluding carboxylic acids is 2. The maximum Gasteiger partial charge on any atom is 0.330 e. The first-order valence-electron chi connectivity index (χ1n) is 10.6. The Hall–Kier alpha value is -3.59. The van der Waals surface area contributed by atoms with Crippen LogP contribution in [0.5, 0.6) is 11.5 Å². The van der Waals surface area contributed by atoms with Crippen LogP contribution in [-0.2, 0) is 19.1 Å². The predicted molar refractivity (Wildman–Crippen MR) is 119 cm³/mol. The average molecular weight is 434 g/mol. The van der Waals surface area contributed by atoms with Crippen LogP contribution in [0.25, 0.3) is 0 Å². The summed E-state index contributed by atoms with van der Waals surface area (Å²) in [6.07, 6.45) is 2.97. The number of rotatable bonds is 9. The minimum absolute atomic E-state index is 0.321. The fraction of sp³-hybridized carbons (Fsp3) is 0.346. The zero-order valence-electron chi connectivity index (χ0n) is 18.5. The third kappa shape index (κ3) is 5.17. The van der Waals surface area contributed by atoms with Crippen LogP contribution in [0, 0.1) is 22.2 Å². The van der Waals surface area contributed by atoms with Gasteiger partial charge in [0, 0.05) is 11.6 Å². The van der Waals surface area contributed by atoms with E-state index >= 15 is 0 Å². The van der Waals surface area contributed by atoms with Gasteiger partial charge in [-0.25, -0.2) is 4.79 Å². The van der Waals surface area contributed by atoms with Crippen molar-refractivity contribution in [2.24, 2.45) is 10.8 Å². The normalized spacial score (nSPS) is 19.6. The third-order valence-corrected chi connectivity index (χ3v) is 5.60. The summed E-state index contributed by atoms with van der Waals surface area (Å²) in [4.78, 5) is 25.0. The van der Waals surface area contributed by atoms with Crippen molar-refractivity contribution in [1.82, 2.24) is 0 Å². The van der Waals surface area contributed by atoms with Gasteiger partial charge >= 0.3 is 11.9 Å². The van der Waals surface area contributed by atoms with Gasteiger partial charge in [0.15, 0.2) is 0 Å². The molecule has 2 aromatic carbocycles. The number of carbonyl (C=O) groups is 2. The maximum absolute atomic E-state index is 13.1. The molecule has 1 fully saturated rings. The molecule has 3 rings (SSSR count). The number of ether oxygens (including phenoxy) is 3. The fourth-order valence-corrected chi connectivity index (χ4v) is 3.56. The lowest BCUT2D eigenvalue weighted by molar-refractivity contribution is -0.152. The minimum atomic E-state index is -1.10. The first kappa shape index (κ1) is 23.1. The van der Waals surface area contributed by atoms with Crippen molar-refractivity contribution in [3.63, 3.8) is 0 Å². The summed E-state index contributed by atoms with van der Waals surface area (Å²) in [6, 6.07) is 18.2. The Morgan fingerprint density at radius 1 is 1.12 bits per heavy atom. The Kier molecular flexibility index (Phi) is 6.99. The van der Waals surface area contributed by atoms with E-state index in [0.717, 1.165) is 6.42 Å². The van der Waals surface area contributed by atoms with Gasteiger partial charge in [0.25, 0.3) is 0 Å². The van der Waals surface area contributed by atoms with E-state index in [0.29, 0.717) is 30.1 Å². The molecule has 0 amide bonds. The molecule has 0 spiro atoms. The second-order valence-electron chi connectivity index (χ2n) is 8.43. The number of hydrogen-bond donors (Lipinski definition) is 0. The lowest BCUT2D eigenvalue weighted by Gasteiger charge is -2.19. The van der Waals surface area contributed by atoms with Gasteiger partial charge in [0.2, 0.25) is 6.10 Å². The maximum atomic E-state index is 13.1. The SMILES string of the molecule is CCCOC(=O)C=C[C@]1(C(=O)O[C@H](C#N)c2cccc(Oc3ccccc3)c2)CC1(C)C. The van der Waals surface area contributed by atoms with E-state index in [1.54, 1.807) is 30.3 Å².